The van der Waals surface area contributed by atoms with Crippen LogP contribution < -0.4 is 0 Å². The summed E-state index contributed by atoms with van der Waals surface area (Å²) in [5, 5.41) is 1.06. The predicted octanol–water partition coefficient (Wildman–Crippen LogP) is 2.32. The summed E-state index contributed by atoms with van der Waals surface area (Å²) in [5.41, 5.74) is 0. The van der Waals surface area contributed by atoms with Gasteiger partial charge in [0.2, 0.25) is 0 Å². The summed E-state index contributed by atoms with van der Waals surface area (Å²) in [6, 6.07) is 0. The zero-order chi connectivity index (χ0) is 6.24. The van der Waals surface area contributed by atoms with E-state index >= 15 is 0 Å². The molecule has 0 aromatic carbocycles. The third-order valence-electron chi connectivity index (χ3n) is 0.764. The second kappa shape index (κ2) is 7.02. The van der Waals surface area contributed by atoms with Crippen molar-refractivity contribution in [1.82, 2.24) is 0 Å². The van der Waals surface area contributed by atoms with Crippen LogP contribution in [0.25, 0.3) is 0 Å². The van der Waals surface area contributed by atoms with Crippen LogP contribution in [0.3, 0.4) is 0 Å². The molecule has 0 rings (SSSR count). The standard InChI is InChI=1S/C6H11BrO/c1-2-8-6-4-3-5-7/h2H,1,3-6H2. The van der Waals surface area contributed by atoms with Crippen molar-refractivity contribution in [2.24, 2.45) is 0 Å². The first-order valence-electron chi connectivity index (χ1n) is 2.70. The Kier molecular flexibility index (Phi) is 7.04. The van der Waals surface area contributed by atoms with Gasteiger partial charge in [0.25, 0.3) is 0 Å². The third-order valence-corrected chi connectivity index (χ3v) is 1.32. The molecule has 0 bridgehead atoms. The SMILES string of the molecule is C=COCCCCBr. The second-order valence-electron chi connectivity index (χ2n) is 1.43. The van der Waals surface area contributed by atoms with E-state index in [0.29, 0.717) is 0 Å². The maximum atomic E-state index is 4.88. The van der Waals surface area contributed by atoms with Crippen molar-refractivity contribution in [2.75, 3.05) is 11.9 Å². The van der Waals surface area contributed by atoms with Gasteiger partial charge in [0.05, 0.1) is 12.9 Å². The monoisotopic (exact) mass is 178 g/mol. The lowest BCUT2D eigenvalue weighted by molar-refractivity contribution is 0.245. The van der Waals surface area contributed by atoms with E-state index in [1.54, 1.807) is 0 Å². The number of hydrogen-bond acceptors (Lipinski definition) is 1. The molecule has 0 aliphatic carbocycles. The molecular formula is C6H11BrO. The molecule has 0 amide bonds. The first kappa shape index (κ1) is 8.02. The van der Waals surface area contributed by atoms with Crippen LogP contribution in [0, 0.1) is 0 Å². The maximum Gasteiger partial charge on any atom is 0.0873 e. The highest BCUT2D eigenvalue weighted by Crippen LogP contribution is 1.93. The molecule has 0 atom stereocenters. The molecule has 0 aliphatic rings. The van der Waals surface area contributed by atoms with Gasteiger partial charge in [-0.05, 0) is 12.8 Å². The van der Waals surface area contributed by atoms with Crippen molar-refractivity contribution >= 4 is 15.9 Å². The van der Waals surface area contributed by atoms with Gasteiger partial charge in [-0.1, -0.05) is 22.5 Å². The minimum atomic E-state index is 0.801. The van der Waals surface area contributed by atoms with Crippen LogP contribution in [0.1, 0.15) is 12.8 Å². The Morgan fingerprint density at radius 1 is 1.50 bits per heavy atom. The molecule has 0 N–H and O–H groups in total. The molecule has 0 spiro atoms. The lowest BCUT2D eigenvalue weighted by Gasteiger charge is -1.95. The molecule has 0 aromatic heterocycles. The van der Waals surface area contributed by atoms with Crippen molar-refractivity contribution in [3.05, 3.63) is 12.8 Å². The summed E-state index contributed by atoms with van der Waals surface area (Å²) in [6.07, 6.45) is 3.76. The number of hydrogen-bond donors (Lipinski definition) is 0. The van der Waals surface area contributed by atoms with Crippen LogP contribution in [0.2, 0.25) is 0 Å². The van der Waals surface area contributed by atoms with Gasteiger partial charge < -0.3 is 4.74 Å². The van der Waals surface area contributed by atoms with Gasteiger partial charge in [-0.15, -0.1) is 0 Å². The van der Waals surface area contributed by atoms with Crippen LogP contribution in [0.5, 0.6) is 0 Å². The van der Waals surface area contributed by atoms with Gasteiger partial charge in [-0.25, -0.2) is 0 Å². The zero-order valence-corrected chi connectivity index (χ0v) is 6.49. The number of unbranched alkanes of at least 4 members (excludes halogenated alkanes) is 1. The van der Waals surface area contributed by atoms with E-state index in [0.717, 1.165) is 18.4 Å². The molecule has 0 radical (unpaired) electrons. The van der Waals surface area contributed by atoms with Crippen LogP contribution in [0.15, 0.2) is 12.8 Å². The normalized spacial score (nSPS) is 8.62. The van der Waals surface area contributed by atoms with E-state index < -0.39 is 0 Å². The summed E-state index contributed by atoms with van der Waals surface area (Å²) in [4.78, 5) is 0. The van der Waals surface area contributed by atoms with Crippen molar-refractivity contribution in [1.29, 1.82) is 0 Å². The minimum Gasteiger partial charge on any atom is -0.502 e. The summed E-state index contributed by atoms with van der Waals surface area (Å²) in [6.45, 7) is 4.23. The summed E-state index contributed by atoms with van der Waals surface area (Å²) >= 11 is 3.32. The molecule has 0 unspecified atom stereocenters. The molecule has 2 heteroatoms. The predicted molar refractivity (Wildman–Crippen MR) is 39.2 cm³/mol. The molecule has 8 heavy (non-hydrogen) atoms. The lowest BCUT2D eigenvalue weighted by atomic mass is 10.4. The third kappa shape index (κ3) is 6.02. The molecule has 0 aliphatic heterocycles. The average Bonchev–Trinajstić information content (AvgIpc) is 1.81. The fraction of sp³-hybridized carbons (Fsp3) is 0.667. The summed E-state index contributed by atoms with van der Waals surface area (Å²) in [5.74, 6) is 0. The zero-order valence-electron chi connectivity index (χ0n) is 4.90. The Labute approximate surface area is 58.9 Å². The molecule has 0 saturated carbocycles. The first-order valence-corrected chi connectivity index (χ1v) is 3.82. The molecule has 1 nitrogen and oxygen atoms in total. The highest BCUT2D eigenvalue weighted by Gasteiger charge is 1.82. The fourth-order valence-corrected chi connectivity index (χ4v) is 0.760. The minimum absolute atomic E-state index is 0.801. The molecule has 48 valence electrons. The largest absolute Gasteiger partial charge is 0.502 e. The number of rotatable bonds is 5. The van der Waals surface area contributed by atoms with Gasteiger partial charge in [-0.3, -0.25) is 0 Å². The van der Waals surface area contributed by atoms with Gasteiger partial charge in [-0.2, -0.15) is 0 Å². The molecular weight excluding hydrogens is 168 g/mol. The lowest BCUT2D eigenvalue weighted by Crippen LogP contribution is -1.86. The highest BCUT2D eigenvalue weighted by molar-refractivity contribution is 9.09. The maximum absolute atomic E-state index is 4.88. The van der Waals surface area contributed by atoms with Crippen molar-refractivity contribution < 1.29 is 4.74 Å². The van der Waals surface area contributed by atoms with Crippen LogP contribution in [-0.2, 0) is 4.74 Å². The topological polar surface area (TPSA) is 9.23 Å². The van der Waals surface area contributed by atoms with Crippen LogP contribution >= 0.6 is 15.9 Å². The fourth-order valence-electron chi connectivity index (χ4n) is 0.363. The average molecular weight is 179 g/mol. The quantitative estimate of drug-likeness (QED) is 0.357. The van der Waals surface area contributed by atoms with Crippen LogP contribution in [-0.4, -0.2) is 11.9 Å². The van der Waals surface area contributed by atoms with E-state index in [9.17, 15) is 0 Å². The van der Waals surface area contributed by atoms with E-state index in [-0.39, 0.29) is 0 Å². The molecule has 0 saturated heterocycles. The Bertz CT molecular complexity index is 54.5. The van der Waals surface area contributed by atoms with Gasteiger partial charge in [0, 0.05) is 5.33 Å². The van der Waals surface area contributed by atoms with Gasteiger partial charge >= 0.3 is 0 Å². The number of alkyl halides is 1. The summed E-state index contributed by atoms with van der Waals surface area (Å²) in [7, 11) is 0. The number of ether oxygens (including phenoxy) is 1. The van der Waals surface area contributed by atoms with E-state index in [1.807, 2.05) is 0 Å². The van der Waals surface area contributed by atoms with Crippen LogP contribution in [0.4, 0.5) is 0 Å². The summed E-state index contributed by atoms with van der Waals surface area (Å²) < 4.78 is 4.88. The van der Waals surface area contributed by atoms with E-state index in [4.69, 9.17) is 4.74 Å². The molecule has 0 aromatic rings. The van der Waals surface area contributed by atoms with Gasteiger partial charge in [0.15, 0.2) is 0 Å². The smallest absolute Gasteiger partial charge is 0.0873 e. The Morgan fingerprint density at radius 2 is 2.25 bits per heavy atom. The van der Waals surface area contributed by atoms with Crippen molar-refractivity contribution in [3.8, 4) is 0 Å². The first-order chi connectivity index (χ1) is 3.91. The van der Waals surface area contributed by atoms with Crippen molar-refractivity contribution in [2.45, 2.75) is 12.8 Å². The van der Waals surface area contributed by atoms with E-state index in [1.165, 1.54) is 12.7 Å². The Morgan fingerprint density at radius 3 is 2.75 bits per heavy atom. The molecule has 0 fully saturated rings. The second-order valence-corrected chi connectivity index (χ2v) is 2.23. The number of halogens is 1. The Balaban J connectivity index is 2.62. The van der Waals surface area contributed by atoms with Gasteiger partial charge in [0.1, 0.15) is 0 Å². The Hall–Kier alpha value is 0.0200. The highest BCUT2D eigenvalue weighted by atomic mass is 79.9. The van der Waals surface area contributed by atoms with Crippen molar-refractivity contribution in [3.63, 3.8) is 0 Å². The van der Waals surface area contributed by atoms with E-state index in [2.05, 4.69) is 22.5 Å². The molecule has 0 heterocycles.